The van der Waals surface area contributed by atoms with Gasteiger partial charge in [-0.2, -0.15) is 0 Å². The van der Waals surface area contributed by atoms with Gasteiger partial charge in [-0.15, -0.1) is 0 Å². The van der Waals surface area contributed by atoms with E-state index in [1.807, 2.05) is 0 Å². The van der Waals surface area contributed by atoms with E-state index in [4.69, 9.17) is 14.3 Å². The summed E-state index contributed by atoms with van der Waals surface area (Å²) in [6.07, 6.45) is 3.56. The first-order valence-corrected chi connectivity index (χ1v) is 3.32. The summed E-state index contributed by atoms with van der Waals surface area (Å²) in [5.41, 5.74) is 0. The summed E-state index contributed by atoms with van der Waals surface area (Å²) in [6, 6.07) is 3.48. The van der Waals surface area contributed by atoms with Gasteiger partial charge in [-0.05, 0) is 12.1 Å². The Balaban J connectivity index is 2.23. The normalized spacial score (nSPS) is 10.3. The maximum atomic E-state index is 9.97. The van der Waals surface area contributed by atoms with Crippen molar-refractivity contribution in [1.29, 1.82) is 0 Å². The molecule has 0 aliphatic heterocycles. The largest absolute Gasteiger partial charge is 0.493 e. The molecule has 0 aromatic carbocycles. The Labute approximate surface area is 69.1 Å². The fourth-order valence-corrected chi connectivity index (χ4v) is 0.631. The van der Waals surface area contributed by atoms with E-state index in [-0.39, 0.29) is 6.61 Å². The van der Waals surface area contributed by atoms with Crippen LogP contribution in [-0.4, -0.2) is 11.1 Å². The van der Waals surface area contributed by atoms with Crippen molar-refractivity contribution in [2.24, 2.45) is 0 Å². The van der Waals surface area contributed by atoms with Crippen LogP contribution in [0.1, 0.15) is 5.76 Å². The third-order valence-corrected chi connectivity index (χ3v) is 1.11. The van der Waals surface area contributed by atoms with Crippen molar-refractivity contribution in [2.45, 2.75) is 6.61 Å². The second-order valence-corrected chi connectivity index (χ2v) is 2.03. The van der Waals surface area contributed by atoms with Gasteiger partial charge in [0.15, 0.2) is 0 Å². The number of furan rings is 1. The molecule has 12 heavy (non-hydrogen) atoms. The van der Waals surface area contributed by atoms with Crippen molar-refractivity contribution >= 4 is 5.97 Å². The predicted octanol–water partition coefficient (Wildman–Crippen LogP) is 1.39. The molecule has 1 rings (SSSR count). The van der Waals surface area contributed by atoms with Crippen molar-refractivity contribution in [2.75, 3.05) is 0 Å². The second-order valence-electron chi connectivity index (χ2n) is 2.03. The number of hydrogen-bond acceptors (Lipinski definition) is 3. The molecule has 4 nitrogen and oxygen atoms in total. The first-order chi connectivity index (χ1) is 5.79. The highest BCUT2D eigenvalue weighted by Crippen LogP contribution is 2.01. The predicted molar refractivity (Wildman–Crippen MR) is 40.3 cm³/mol. The molecule has 0 aliphatic carbocycles. The zero-order valence-electron chi connectivity index (χ0n) is 6.27. The van der Waals surface area contributed by atoms with E-state index in [0.717, 1.165) is 12.3 Å². The van der Waals surface area contributed by atoms with Crippen LogP contribution in [-0.2, 0) is 16.1 Å². The molecular weight excluding hydrogens is 160 g/mol. The van der Waals surface area contributed by atoms with E-state index in [1.54, 1.807) is 12.1 Å². The van der Waals surface area contributed by atoms with Gasteiger partial charge in [-0.3, -0.25) is 0 Å². The molecule has 1 aromatic rings. The number of carbonyl (C=O) groups is 1. The number of ether oxygens (including phenoxy) is 1. The van der Waals surface area contributed by atoms with Crippen LogP contribution in [0.3, 0.4) is 0 Å². The Morgan fingerprint density at radius 3 is 3.17 bits per heavy atom. The summed E-state index contributed by atoms with van der Waals surface area (Å²) in [5.74, 6) is -0.375. The molecule has 1 aromatic heterocycles. The Hall–Kier alpha value is -1.71. The van der Waals surface area contributed by atoms with Crippen molar-refractivity contribution in [3.05, 3.63) is 36.5 Å². The number of hydrogen-bond donors (Lipinski definition) is 1. The zero-order valence-corrected chi connectivity index (χ0v) is 6.27. The van der Waals surface area contributed by atoms with Gasteiger partial charge < -0.3 is 14.3 Å². The van der Waals surface area contributed by atoms with Gasteiger partial charge in [0.25, 0.3) is 0 Å². The summed E-state index contributed by atoms with van der Waals surface area (Å²) in [4.78, 5) is 9.97. The lowest BCUT2D eigenvalue weighted by Crippen LogP contribution is -1.88. The lowest BCUT2D eigenvalue weighted by atomic mass is 10.5. The molecule has 1 N–H and O–H groups in total. The Morgan fingerprint density at radius 1 is 1.75 bits per heavy atom. The minimum absolute atomic E-state index is 0.247. The van der Waals surface area contributed by atoms with Crippen LogP contribution in [0.25, 0.3) is 0 Å². The molecule has 0 amide bonds. The molecule has 0 aliphatic rings. The molecule has 0 saturated carbocycles. The zero-order chi connectivity index (χ0) is 8.81. The minimum atomic E-state index is -1.03. The van der Waals surface area contributed by atoms with E-state index in [9.17, 15) is 4.79 Å². The summed E-state index contributed by atoms with van der Waals surface area (Å²) >= 11 is 0. The molecular formula is C8H8O4. The maximum absolute atomic E-state index is 9.97. The van der Waals surface area contributed by atoms with Crippen molar-refractivity contribution in [1.82, 2.24) is 0 Å². The molecule has 4 heteroatoms. The van der Waals surface area contributed by atoms with Crippen LogP contribution < -0.4 is 0 Å². The second kappa shape index (κ2) is 4.23. The number of aliphatic carboxylic acids is 1. The van der Waals surface area contributed by atoms with Crippen LogP contribution >= 0.6 is 0 Å². The first kappa shape index (κ1) is 8.39. The van der Waals surface area contributed by atoms with Gasteiger partial charge in [0.05, 0.1) is 18.6 Å². The van der Waals surface area contributed by atoms with Crippen molar-refractivity contribution in [3.63, 3.8) is 0 Å². The van der Waals surface area contributed by atoms with Gasteiger partial charge in [-0.25, -0.2) is 4.79 Å². The van der Waals surface area contributed by atoms with Gasteiger partial charge >= 0.3 is 5.97 Å². The molecule has 0 fully saturated rings. The fraction of sp³-hybridized carbons (Fsp3) is 0.125. The maximum Gasteiger partial charge on any atom is 0.331 e. The lowest BCUT2D eigenvalue weighted by Gasteiger charge is -1.94. The number of carboxylic acids is 1. The third kappa shape index (κ3) is 2.92. The smallest absolute Gasteiger partial charge is 0.331 e. The van der Waals surface area contributed by atoms with Crippen LogP contribution in [0.5, 0.6) is 0 Å². The van der Waals surface area contributed by atoms with Gasteiger partial charge in [-0.1, -0.05) is 0 Å². The minimum Gasteiger partial charge on any atom is -0.493 e. The molecule has 0 radical (unpaired) electrons. The Kier molecular flexibility index (Phi) is 2.95. The number of rotatable bonds is 4. The van der Waals surface area contributed by atoms with E-state index < -0.39 is 5.97 Å². The fourth-order valence-electron chi connectivity index (χ4n) is 0.631. The summed E-state index contributed by atoms with van der Waals surface area (Å²) in [5, 5.41) is 8.18. The average molecular weight is 168 g/mol. The van der Waals surface area contributed by atoms with E-state index >= 15 is 0 Å². The quantitative estimate of drug-likeness (QED) is 0.545. The van der Waals surface area contributed by atoms with Gasteiger partial charge in [0.1, 0.15) is 12.4 Å². The third-order valence-electron chi connectivity index (χ3n) is 1.11. The van der Waals surface area contributed by atoms with Crippen molar-refractivity contribution < 1.29 is 19.1 Å². The highest BCUT2D eigenvalue weighted by molar-refractivity contribution is 5.79. The summed E-state index contributed by atoms with van der Waals surface area (Å²) < 4.78 is 9.77. The van der Waals surface area contributed by atoms with E-state index in [2.05, 4.69) is 0 Å². The van der Waals surface area contributed by atoms with Crippen LogP contribution in [0, 0.1) is 0 Å². The SMILES string of the molecule is O=C(O)C=COCc1ccco1. The van der Waals surface area contributed by atoms with Gasteiger partial charge in [0, 0.05) is 0 Å². The van der Waals surface area contributed by atoms with E-state index in [0.29, 0.717) is 5.76 Å². The molecule has 64 valence electrons. The average Bonchev–Trinajstić information content (AvgIpc) is 2.49. The Morgan fingerprint density at radius 2 is 2.58 bits per heavy atom. The summed E-state index contributed by atoms with van der Waals surface area (Å²) in [6.45, 7) is 0.247. The highest BCUT2D eigenvalue weighted by Gasteiger charge is 1.92. The van der Waals surface area contributed by atoms with Gasteiger partial charge in [0.2, 0.25) is 0 Å². The monoisotopic (exact) mass is 168 g/mol. The molecule has 0 saturated heterocycles. The van der Waals surface area contributed by atoms with Crippen LogP contribution in [0.4, 0.5) is 0 Å². The lowest BCUT2D eigenvalue weighted by molar-refractivity contribution is -0.131. The number of carboxylic acid groups (broad SMARTS) is 1. The highest BCUT2D eigenvalue weighted by atomic mass is 16.5. The first-order valence-electron chi connectivity index (χ1n) is 3.32. The molecule has 0 bridgehead atoms. The molecule has 0 spiro atoms. The Bertz CT molecular complexity index is 261. The van der Waals surface area contributed by atoms with Crippen LogP contribution in [0.15, 0.2) is 35.2 Å². The van der Waals surface area contributed by atoms with Crippen LogP contribution in [0.2, 0.25) is 0 Å². The van der Waals surface area contributed by atoms with E-state index in [1.165, 1.54) is 6.26 Å². The molecule has 0 unspecified atom stereocenters. The van der Waals surface area contributed by atoms with Crippen molar-refractivity contribution in [3.8, 4) is 0 Å². The summed E-state index contributed by atoms with van der Waals surface area (Å²) in [7, 11) is 0. The topological polar surface area (TPSA) is 59.7 Å². The standard InChI is InChI=1S/C8H8O4/c9-8(10)3-5-11-6-7-2-1-4-12-7/h1-5H,6H2,(H,9,10). The molecule has 0 atom stereocenters. The molecule has 1 heterocycles.